The minimum atomic E-state index is -5.16. The van der Waals surface area contributed by atoms with Gasteiger partial charge >= 0.3 is 0 Å². The molecule has 0 spiro atoms. The van der Waals surface area contributed by atoms with Gasteiger partial charge in [-0.05, 0) is 51.4 Å². The average Bonchev–Trinajstić information content (AvgIpc) is 3.22. The number of hydrogen-bond acceptors (Lipinski definition) is 11. The van der Waals surface area contributed by atoms with Crippen LogP contribution in [-0.4, -0.2) is 112 Å². The van der Waals surface area contributed by atoms with Crippen LogP contribution in [0.5, 0.6) is 34.5 Å². The van der Waals surface area contributed by atoms with Crippen molar-refractivity contribution in [2.24, 2.45) is 0 Å². The number of aromatic hydroxyl groups is 2. The fourth-order valence-corrected chi connectivity index (χ4v) is 8.54. The maximum absolute atomic E-state index is 11.5. The van der Waals surface area contributed by atoms with Crippen LogP contribution in [0.4, 0.5) is 0 Å². The van der Waals surface area contributed by atoms with Gasteiger partial charge in [0.25, 0.3) is 0 Å². The number of phenolic OH excluding ortho intramolecular Hbond substituents is 2. The van der Waals surface area contributed by atoms with Crippen molar-refractivity contribution in [3.8, 4) is 34.5 Å². The second-order valence-corrected chi connectivity index (χ2v) is 18.9. The lowest BCUT2D eigenvalue weighted by Crippen LogP contribution is -2.50. The van der Waals surface area contributed by atoms with Gasteiger partial charge in [0.05, 0.1) is 66.6 Å². The number of rotatable bonds is 30. The molecule has 0 aliphatic heterocycles. The van der Waals surface area contributed by atoms with Gasteiger partial charge in [-0.2, -0.15) is 0 Å². The van der Waals surface area contributed by atoms with Crippen molar-refractivity contribution in [2.45, 2.75) is 168 Å². The summed E-state index contributed by atoms with van der Waals surface area (Å²) >= 11 is 0. The first-order chi connectivity index (χ1) is 28.9. The van der Waals surface area contributed by atoms with Crippen molar-refractivity contribution in [3.05, 3.63) is 24.3 Å². The number of methoxy groups -OCH3 is 2. The summed E-state index contributed by atoms with van der Waals surface area (Å²) in [5, 5.41) is 19.5. The fraction of sp³-hybridized carbons (Fsp3) is 0.739. The molecule has 0 bridgehead atoms. The summed E-state index contributed by atoms with van der Waals surface area (Å²) in [6.45, 7) is 30.0. The molecule has 0 heterocycles. The number of nitrogens with zero attached hydrogens (tertiary/aromatic N) is 2. The van der Waals surface area contributed by atoms with E-state index in [1.54, 1.807) is 0 Å². The number of benzene rings is 2. The van der Waals surface area contributed by atoms with Crippen molar-refractivity contribution in [1.29, 1.82) is 0 Å². The van der Waals surface area contributed by atoms with Crippen LogP contribution in [0.2, 0.25) is 0 Å². The zero-order chi connectivity index (χ0) is 46.5. The SMILES string of the molecule is CCCC[N+](CCCC)(CCCC)CCCC.CCCC[N+](CCCC)(CCCC)CCCC.COc1cc(S(=O)(=O)[O-])c(Oc2cc(O)c(OC)cc2S(=O)(=O)[O-])cc1O. The molecule has 0 aliphatic rings. The minimum Gasteiger partial charge on any atom is -0.744 e. The molecular formula is C46H84N2O11S2. The topological polar surface area (TPSA) is 183 Å². The molecule has 0 aromatic heterocycles. The molecule has 0 saturated heterocycles. The second kappa shape index (κ2) is 31.1. The summed E-state index contributed by atoms with van der Waals surface area (Å²) in [4.78, 5) is -2.00. The van der Waals surface area contributed by atoms with Gasteiger partial charge in [-0.3, -0.25) is 0 Å². The summed E-state index contributed by atoms with van der Waals surface area (Å²) in [7, 11) is -8.11. The third-order valence-electron chi connectivity index (χ3n) is 11.1. The largest absolute Gasteiger partial charge is 0.744 e. The molecule has 0 aliphatic carbocycles. The van der Waals surface area contributed by atoms with Gasteiger partial charge in [0.1, 0.15) is 41.5 Å². The summed E-state index contributed by atoms with van der Waals surface area (Å²) in [5.74, 6) is -3.60. The molecule has 0 saturated carbocycles. The number of unbranched alkanes of at least 4 members (excludes halogenated alkanes) is 8. The lowest BCUT2D eigenvalue weighted by Gasteiger charge is -2.39. The highest BCUT2D eigenvalue weighted by Crippen LogP contribution is 2.42. The van der Waals surface area contributed by atoms with E-state index in [2.05, 4.69) is 55.4 Å². The molecule has 2 aromatic carbocycles. The van der Waals surface area contributed by atoms with E-state index >= 15 is 0 Å². The number of ether oxygens (including phenoxy) is 3. The van der Waals surface area contributed by atoms with Crippen LogP contribution < -0.4 is 14.2 Å². The molecule has 2 N–H and O–H groups in total. The molecule has 2 rings (SSSR count). The van der Waals surface area contributed by atoms with E-state index in [-0.39, 0.29) is 11.5 Å². The lowest BCUT2D eigenvalue weighted by atomic mass is 10.1. The van der Waals surface area contributed by atoms with Gasteiger partial charge in [0, 0.05) is 24.3 Å². The smallest absolute Gasteiger partial charge is 0.162 e. The molecular weight excluding hydrogens is 821 g/mol. The second-order valence-electron chi connectivity index (χ2n) is 16.3. The number of hydrogen-bond donors (Lipinski definition) is 2. The van der Waals surface area contributed by atoms with E-state index in [4.69, 9.17) is 14.2 Å². The Morgan fingerprint density at radius 3 is 0.803 bits per heavy atom. The van der Waals surface area contributed by atoms with E-state index in [9.17, 15) is 36.2 Å². The first-order valence-electron chi connectivity index (χ1n) is 23.0. The van der Waals surface area contributed by atoms with E-state index in [0.29, 0.717) is 24.3 Å². The van der Waals surface area contributed by atoms with Gasteiger partial charge in [-0.15, -0.1) is 0 Å². The molecule has 2 aromatic rings. The van der Waals surface area contributed by atoms with Crippen LogP contribution in [0.1, 0.15) is 158 Å². The van der Waals surface area contributed by atoms with E-state index in [0.717, 1.165) is 14.2 Å². The Bertz CT molecular complexity index is 1500. The van der Waals surface area contributed by atoms with Crippen LogP contribution in [0, 0.1) is 0 Å². The van der Waals surface area contributed by atoms with Crippen LogP contribution in [0.3, 0.4) is 0 Å². The van der Waals surface area contributed by atoms with Crippen molar-refractivity contribution in [1.82, 2.24) is 0 Å². The first-order valence-corrected chi connectivity index (χ1v) is 25.8. The Morgan fingerprint density at radius 1 is 0.426 bits per heavy atom. The zero-order valence-electron chi connectivity index (χ0n) is 39.6. The molecule has 13 nitrogen and oxygen atoms in total. The summed E-state index contributed by atoms with van der Waals surface area (Å²) in [6.07, 6.45) is 22.1. The zero-order valence-corrected chi connectivity index (χ0v) is 41.2. The van der Waals surface area contributed by atoms with Crippen molar-refractivity contribution >= 4 is 20.2 Å². The van der Waals surface area contributed by atoms with Gasteiger partial charge in [-0.1, -0.05) is 107 Å². The Kier molecular flexibility index (Phi) is 29.7. The van der Waals surface area contributed by atoms with E-state index < -0.39 is 53.0 Å². The van der Waals surface area contributed by atoms with Gasteiger partial charge in [0.2, 0.25) is 0 Å². The Balaban J connectivity index is 0.000000930. The van der Waals surface area contributed by atoms with Gasteiger partial charge in [0.15, 0.2) is 23.0 Å². The van der Waals surface area contributed by atoms with Crippen LogP contribution in [0.25, 0.3) is 0 Å². The van der Waals surface area contributed by atoms with Crippen molar-refractivity contribution in [2.75, 3.05) is 66.6 Å². The molecule has 356 valence electrons. The third-order valence-corrected chi connectivity index (χ3v) is 12.9. The molecule has 61 heavy (non-hydrogen) atoms. The fourth-order valence-electron chi connectivity index (χ4n) is 7.35. The average molecular weight is 905 g/mol. The maximum Gasteiger partial charge on any atom is 0.162 e. The Morgan fingerprint density at radius 2 is 0.639 bits per heavy atom. The van der Waals surface area contributed by atoms with Crippen molar-refractivity contribution < 1.29 is 59.3 Å². The van der Waals surface area contributed by atoms with Crippen molar-refractivity contribution in [3.63, 3.8) is 0 Å². The van der Waals surface area contributed by atoms with Crippen LogP contribution >= 0.6 is 0 Å². The summed E-state index contributed by atoms with van der Waals surface area (Å²) in [5.41, 5.74) is 0. The molecule has 15 heteroatoms. The molecule has 0 atom stereocenters. The molecule has 0 fully saturated rings. The van der Waals surface area contributed by atoms with Gasteiger partial charge in [-0.25, -0.2) is 16.8 Å². The molecule has 0 amide bonds. The van der Waals surface area contributed by atoms with Crippen LogP contribution in [-0.2, 0) is 20.2 Å². The highest BCUT2D eigenvalue weighted by Gasteiger charge is 2.26. The predicted molar refractivity (Wildman–Crippen MR) is 244 cm³/mol. The third kappa shape index (κ3) is 21.9. The molecule has 0 radical (unpaired) electrons. The highest BCUT2D eigenvalue weighted by atomic mass is 32.2. The standard InChI is InChI=1S/2C16H36N.C14H14O11S2/c2*1-5-9-13-17(14-10-6-2,15-11-7-3)16-12-8-4;1-23-9-5-13(26(17,18)19)11(3-7(9)15)25-12-4-8(16)10(24-2)6-14(12)27(20,21)22/h2*5-16H2,1-4H3;3-6,15-16H,1-2H3,(H,17,18,19)(H,20,21,22)/q2*+1;/p-2. The maximum atomic E-state index is 11.5. The lowest BCUT2D eigenvalue weighted by molar-refractivity contribution is -0.929. The van der Waals surface area contributed by atoms with Gasteiger partial charge < -0.3 is 42.5 Å². The Hall–Kier alpha value is -2.82. The number of phenols is 2. The molecule has 0 unspecified atom stereocenters. The first kappa shape index (κ1) is 58.2. The quantitative estimate of drug-likeness (QED) is 0.0562. The predicted octanol–water partition coefficient (Wildman–Crippen LogP) is 10.7. The minimum absolute atomic E-state index is 0.369. The Labute approximate surface area is 371 Å². The normalized spacial score (nSPS) is 11.9. The number of quaternary nitrogens is 2. The summed E-state index contributed by atoms with van der Waals surface area (Å²) < 4.78 is 86.0. The van der Waals surface area contributed by atoms with E-state index in [1.165, 1.54) is 164 Å². The monoisotopic (exact) mass is 905 g/mol. The summed E-state index contributed by atoms with van der Waals surface area (Å²) in [6, 6.07) is 2.65. The highest BCUT2D eigenvalue weighted by molar-refractivity contribution is 7.86. The van der Waals surface area contributed by atoms with E-state index in [1.807, 2.05) is 0 Å². The van der Waals surface area contributed by atoms with Crippen LogP contribution in [0.15, 0.2) is 34.1 Å².